The van der Waals surface area contributed by atoms with Crippen molar-refractivity contribution in [2.45, 2.75) is 6.92 Å². The van der Waals surface area contributed by atoms with Gasteiger partial charge in [-0.1, -0.05) is 0 Å². The quantitative estimate of drug-likeness (QED) is 0.495. The summed E-state index contributed by atoms with van der Waals surface area (Å²) in [5.41, 5.74) is 2.91. The number of aryl methyl sites for hydroxylation is 1. The molecule has 3 heterocycles. The van der Waals surface area contributed by atoms with Crippen molar-refractivity contribution in [3.05, 3.63) is 66.5 Å². The Morgan fingerprint density at radius 2 is 1.86 bits per heavy atom. The Hall–Kier alpha value is -3.88. The molecule has 9 heteroatoms. The number of carbonyl (C=O) groups is 1. The number of hydrogen-bond acceptors (Lipinski definition) is 7. The van der Waals surface area contributed by atoms with E-state index in [0.29, 0.717) is 35.8 Å². The minimum atomic E-state index is -0.162. The van der Waals surface area contributed by atoms with Crippen molar-refractivity contribution in [1.29, 1.82) is 0 Å². The summed E-state index contributed by atoms with van der Waals surface area (Å²) in [5.74, 6) is 1.17. The number of carbonyl (C=O) groups excluding carboxylic acids is 1. The Morgan fingerprint density at radius 1 is 1.00 bits per heavy atom. The van der Waals surface area contributed by atoms with Crippen molar-refractivity contribution in [2.75, 3.05) is 18.4 Å². The molecule has 4 aromatic rings. The highest BCUT2D eigenvalue weighted by Gasteiger charge is 2.07. The normalized spacial score (nSPS) is 10.8. The number of benzene rings is 1. The molecule has 3 aromatic heterocycles. The third-order valence-electron chi connectivity index (χ3n) is 4.06. The molecule has 140 valence electrons. The van der Waals surface area contributed by atoms with Crippen LogP contribution in [0.15, 0.2) is 55.2 Å². The zero-order chi connectivity index (χ0) is 19.3. The van der Waals surface area contributed by atoms with Gasteiger partial charge in [-0.15, -0.1) is 0 Å². The summed E-state index contributed by atoms with van der Waals surface area (Å²) < 4.78 is 1.69. The summed E-state index contributed by atoms with van der Waals surface area (Å²) in [5, 5.41) is 10.4. The van der Waals surface area contributed by atoms with Crippen molar-refractivity contribution in [3.63, 3.8) is 0 Å². The zero-order valence-electron chi connectivity index (χ0n) is 15.2. The molecule has 1 aromatic carbocycles. The number of amides is 1. The van der Waals surface area contributed by atoms with Gasteiger partial charge in [-0.3, -0.25) is 14.8 Å². The largest absolute Gasteiger partial charge is 0.368 e. The van der Waals surface area contributed by atoms with E-state index in [1.54, 1.807) is 41.3 Å². The molecule has 0 saturated carbocycles. The molecule has 0 aliphatic carbocycles. The molecule has 28 heavy (non-hydrogen) atoms. The van der Waals surface area contributed by atoms with E-state index in [0.717, 1.165) is 11.2 Å². The fraction of sp³-hybridized carbons (Fsp3) is 0.158. The number of fused-ring (bicyclic) bond motifs is 1. The van der Waals surface area contributed by atoms with Crippen molar-refractivity contribution in [2.24, 2.45) is 0 Å². The Labute approximate surface area is 160 Å². The van der Waals surface area contributed by atoms with E-state index in [4.69, 9.17) is 0 Å². The number of anilines is 1. The van der Waals surface area contributed by atoms with Crippen LogP contribution in [0.25, 0.3) is 16.9 Å². The van der Waals surface area contributed by atoms with Gasteiger partial charge in [0.1, 0.15) is 12.1 Å². The number of aromatic nitrogens is 6. The second-order valence-corrected chi connectivity index (χ2v) is 6.11. The van der Waals surface area contributed by atoms with Crippen molar-refractivity contribution in [3.8, 4) is 5.82 Å². The lowest BCUT2D eigenvalue weighted by Crippen LogP contribution is -2.28. The maximum absolute atomic E-state index is 12.3. The van der Waals surface area contributed by atoms with Gasteiger partial charge in [0.05, 0.1) is 16.7 Å². The standard InChI is InChI=1S/C19H18N8O/c1-13-4-9-27(26-13)18-11-17(24-12-25-18)22-7-8-23-19(28)14-2-3-15-16(10-14)21-6-5-20-15/h2-6,9-12H,7-8H2,1H3,(H,23,28)(H,22,24,25). The van der Waals surface area contributed by atoms with Crippen LogP contribution in [0, 0.1) is 6.92 Å². The highest BCUT2D eigenvalue weighted by Crippen LogP contribution is 2.11. The van der Waals surface area contributed by atoms with Crippen LogP contribution in [-0.2, 0) is 0 Å². The molecule has 0 atom stereocenters. The van der Waals surface area contributed by atoms with Crippen LogP contribution in [0.1, 0.15) is 16.1 Å². The van der Waals surface area contributed by atoms with Crippen molar-refractivity contribution >= 4 is 22.8 Å². The SMILES string of the molecule is Cc1ccn(-c2cc(NCCNC(=O)c3ccc4nccnc4c3)ncn2)n1. The molecule has 0 fully saturated rings. The van der Waals surface area contributed by atoms with Gasteiger partial charge in [0, 0.05) is 43.3 Å². The highest BCUT2D eigenvalue weighted by molar-refractivity contribution is 5.97. The van der Waals surface area contributed by atoms with E-state index in [9.17, 15) is 4.79 Å². The number of nitrogens with one attached hydrogen (secondary N) is 2. The molecule has 0 spiro atoms. The molecule has 0 aliphatic rings. The van der Waals surface area contributed by atoms with Crippen molar-refractivity contribution < 1.29 is 4.79 Å². The fourth-order valence-corrected chi connectivity index (χ4v) is 2.68. The minimum Gasteiger partial charge on any atom is -0.368 e. The lowest BCUT2D eigenvalue weighted by Gasteiger charge is -2.09. The number of nitrogens with zero attached hydrogens (tertiary/aromatic N) is 6. The zero-order valence-corrected chi connectivity index (χ0v) is 15.2. The summed E-state index contributed by atoms with van der Waals surface area (Å²) in [6, 6.07) is 8.96. The Bertz CT molecular complexity index is 1120. The smallest absolute Gasteiger partial charge is 0.251 e. The van der Waals surface area contributed by atoms with Gasteiger partial charge < -0.3 is 10.6 Å². The first kappa shape index (κ1) is 17.5. The van der Waals surface area contributed by atoms with Gasteiger partial charge in [-0.05, 0) is 31.2 Å². The molecular formula is C19H18N8O. The van der Waals surface area contributed by atoms with Gasteiger partial charge in [0.25, 0.3) is 5.91 Å². The molecule has 1 amide bonds. The first-order valence-corrected chi connectivity index (χ1v) is 8.76. The summed E-state index contributed by atoms with van der Waals surface area (Å²) >= 11 is 0. The molecule has 2 N–H and O–H groups in total. The maximum atomic E-state index is 12.3. The lowest BCUT2D eigenvalue weighted by atomic mass is 10.2. The van der Waals surface area contributed by atoms with Gasteiger partial charge in [-0.2, -0.15) is 5.10 Å². The molecule has 4 rings (SSSR count). The van der Waals surface area contributed by atoms with Crippen LogP contribution < -0.4 is 10.6 Å². The van der Waals surface area contributed by atoms with E-state index < -0.39 is 0 Å². The molecule has 0 aliphatic heterocycles. The average molecular weight is 374 g/mol. The molecule has 0 bridgehead atoms. The highest BCUT2D eigenvalue weighted by atomic mass is 16.1. The summed E-state index contributed by atoms with van der Waals surface area (Å²) in [7, 11) is 0. The van der Waals surface area contributed by atoms with E-state index in [-0.39, 0.29) is 5.91 Å². The predicted molar refractivity (Wildman–Crippen MR) is 104 cm³/mol. The van der Waals surface area contributed by atoms with Gasteiger partial charge >= 0.3 is 0 Å². The van der Waals surface area contributed by atoms with Crippen LogP contribution in [-0.4, -0.2) is 48.7 Å². The minimum absolute atomic E-state index is 0.162. The second kappa shape index (κ2) is 7.78. The van der Waals surface area contributed by atoms with Crippen LogP contribution >= 0.6 is 0 Å². The van der Waals surface area contributed by atoms with E-state index in [1.165, 1.54) is 6.33 Å². The summed E-state index contributed by atoms with van der Waals surface area (Å²) in [6.45, 7) is 2.88. The van der Waals surface area contributed by atoms with Crippen LogP contribution in [0.3, 0.4) is 0 Å². The average Bonchev–Trinajstić information content (AvgIpc) is 3.17. The topological polar surface area (TPSA) is 111 Å². The summed E-state index contributed by atoms with van der Waals surface area (Å²) in [6.07, 6.45) is 6.55. The molecule has 0 saturated heterocycles. The third kappa shape index (κ3) is 3.93. The monoisotopic (exact) mass is 374 g/mol. The summed E-state index contributed by atoms with van der Waals surface area (Å²) in [4.78, 5) is 29.1. The van der Waals surface area contributed by atoms with E-state index in [2.05, 4.69) is 35.7 Å². The van der Waals surface area contributed by atoms with Gasteiger partial charge in [-0.25, -0.2) is 14.6 Å². The molecular weight excluding hydrogens is 356 g/mol. The number of rotatable bonds is 6. The Morgan fingerprint density at radius 3 is 2.68 bits per heavy atom. The first-order valence-electron chi connectivity index (χ1n) is 8.76. The van der Waals surface area contributed by atoms with Crippen LogP contribution in [0.2, 0.25) is 0 Å². The molecule has 0 unspecified atom stereocenters. The van der Waals surface area contributed by atoms with E-state index in [1.807, 2.05) is 19.2 Å². The maximum Gasteiger partial charge on any atom is 0.251 e. The Balaban J connectivity index is 1.32. The van der Waals surface area contributed by atoms with Crippen LogP contribution in [0.4, 0.5) is 5.82 Å². The Kier molecular flexibility index (Phi) is 4.87. The fourth-order valence-electron chi connectivity index (χ4n) is 2.68. The molecule has 9 nitrogen and oxygen atoms in total. The number of hydrogen-bond donors (Lipinski definition) is 2. The lowest BCUT2D eigenvalue weighted by molar-refractivity contribution is 0.0955. The van der Waals surface area contributed by atoms with Crippen molar-refractivity contribution in [1.82, 2.24) is 35.0 Å². The van der Waals surface area contributed by atoms with Crippen LogP contribution in [0.5, 0.6) is 0 Å². The van der Waals surface area contributed by atoms with Gasteiger partial charge in [0.15, 0.2) is 5.82 Å². The predicted octanol–water partition coefficient (Wildman–Crippen LogP) is 1.76. The first-order chi connectivity index (χ1) is 13.7. The molecule has 0 radical (unpaired) electrons. The second-order valence-electron chi connectivity index (χ2n) is 6.11. The van der Waals surface area contributed by atoms with Gasteiger partial charge in [0.2, 0.25) is 0 Å². The third-order valence-corrected chi connectivity index (χ3v) is 4.06. The van der Waals surface area contributed by atoms with E-state index >= 15 is 0 Å².